The van der Waals surface area contributed by atoms with E-state index in [0.29, 0.717) is 6.04 Å². The van der Waals surface area contributed by atoms with Gasteiger partial charge in [-0.3, -0.25) is 0 Å². The van der Waals surface area contributed by atoms with E-state index in [4.69, 9.17) is 4.74 Å². The molecule has 0 aliphatic carbocycles. The molecule has 0 spiro atoms. The first-order valence-electron chi connectivity index (χ1n) is 5.81. The van der Waals surface area contributed by atoms with E-state index in [2.05, 4.69) is 35.3 Å². The van der Waals surface area contributed by atoms with Crippen molar-refractivity contribution in [1.29, 1.82) is 0 Å². The highest BCUT2D eigenvalue weighted by atomic mass is 16.5. The SMILES string of the molecule is CNC1CCN(c2cc(C)ccc2OC)C1. The lowest BCUT2D eigenvalue weighted by Gasteiger charge is -2.21. The van der Waals surface area contributed by atoms with Gasteiger partial charge in [0.1, 0.15) is 5.75 Å². The molecule has 1 N–H and O–H groups in total. The summed E-state index contributed by atoms with van der Waals surface area (Å²) < 4.78 is 5.42. The molecule has 3 heteroatoms. The largest absolute Gasteiger partial charge is 0.495 e. The fraction of sp³-hybridized carbons (Fsp3) is 0.538. The van der Waals surface area contributed by atoms with Gasteiger partial charge in [0.05, 0.1) is 12.8 Å². The predicted molar refractivity (Wildman–Crippen MR) is 67.4 cm³/mol. The predicted octanol–water partition coefficient (Wildman–Crippen LogP) is 1.80. The van der Waals surface area contributed by atoms with Crippen LogP contribution in [0.15, 0.2) is 18.2 Å². The van der Waals surface area contributed by atoms with Gasteiger partial charge in [-0.25, -0.2) is 0 Å². The highest BCUT2D eigenvalue weighted by molar-refractivity contribution is 5.60. The van der Waals surface area contributed by atoms with E-state index in [1.54, 1.807) is 7.11 Å². The standard InChI is InChI=1S/C13H20N2O/c1-10-4-5-13(16-3)12(8-10)15-7-6-11(9-15)14-2/h4-5,8,11,14H,6-7,9H2,1-3H3. The molecule has 0 saturated carbocycles. The molecule has 1 unspecified atom stereocenters. The van der Waals surface area contributed by atoms with Crippen LogP contribution in [-0.4, -0.2) is 33.3 Å². The molecule has 1 aromatic carbocycles. The van der Waals surface area contributed by atoms with Crippen molar-refractivity contribution in [1.82, 2.24) is 5.32 Å². The number of methoxy groups -OCH3 is 1. The Kier molecular flexibility index (Phi) is 3.34. The van der Waals surface area contributed by atoms with E-state index >= 15 is 0 Å². The number of ether oxygens (including phenoxy) is 1. The lowest BCUT2D eigenvalue weighted by Crippen LogP contribution is -2.29. The van der Waals surface area contributed by atoms with Crippen LogP contribution < -0.4 is 15.0 Å². The zero-order valence-electron chi connectivity index (χ0n) is 10.3. The maximum absolute atomic E-state index is 5.42. The van der Waals surface area contributed by atoms with Crippen molar-refractivity contribution in [3.8, 4) is 5.75 Å². The summed E-state index contributed by atoms with van der Waals surface area (Å²) in [6, 6.07) is 6.95. The monoisotopic (exact) mass is 220 g/mol. The number of hydrogen-bond acceptors (Lipinski definition) is 3. The molecule has 0 amide bonds. The molecule has 1 saturated heterocycles. The van der Waals surface area contributed by atoms with Gasteiger partial charge in [0.15, 0.2) is 0 Å². The maximum Gasteiger partial charge on any atom is 0.142 e. The van der Waals surface area contributed by atoms with E-state index in [-0.39, 0.29) is 0 Å². The number of nitrogens with zero attached hydrogens (tertiary/aromatic N) is 1. The van der Waals surface area contributed by atoms with Crippen LogP contribution in [0.25, 0.3) is 0 Å². The molecule has 2 rings (SSSR count). The van der Waals surface area contributed by atoms with Crippen LogP contribution in [0.3, 0.4) is 0 Å². The normalized spacial score (nSPS) is 20.2. The van der Waals surface area contributed by atoms with Crippen LogP contribution in [-0.2, 0) is 0 Å². The Morgan fingerprint density at radius 1 is 1.44 bits per heavy atom. The van der Waals surface area contributed by atoms with Gasteiger partial charge in [0.2, 0.25) is 0 Å². The highest BCUT2D eigenvalue weighted by Crippen LogP contribution is 2.31. The Balaban J connectivity index is 2.22. The van der Waals surface area contributed by atoms with Crippen LogP contribution in [0.5, 0.6) is 5.75 Å². The minimum Gasteiger partial charge on any atom is -0.495 e. The molecule has 1 aromatic rings. The van der Waals surface area contributed by atoms with Crippen molar-refractivity contribution in [2.75, 3.05) is 32.1 Å². The van der Waals surface area contributed by atoms with E-state index in [9.17, 15) is 0 Å². The van der Waals surface area contributed by atoms with Crippen LogP contribution in [0, 0.1) is 6.92 Å². The van der Waals surface area contributed by atoms with Crippen molar-refractivity contribution >= 4 is 5.69 Å². The first-order valence-corrected chi connectivity index (χ1v) is 5.81. The number of anilines is 1. The minimum atomic E-state index is 0.602. The van der Waals surface area contributed by atoms with Gasteiger partial charge in [-0.15, -0.1) is 0 Å². The Hall–Kier alpha value is -1.22. The van der Waals surface area contributed by atoms with E-state index < -0.39 is 0 Å². The molecule has 1 aliphatic heterocycles. The van der Waals surface area contributed by atoms with E-state index in [0.717, 1.165) is 18.8 Å². The number of likely N-dealkylation sites (N-methyl/N-ethyl adjacent to an activating group) is 1. The summed E-state index contributed by atoms with van der Waals surface area (Å²) in [5.41, 5.74) is 2.50. The van der Waals surface area contributed by atoms with Crippen molar-refractivity contribution in [3.05, 3.63) is 23.8 Å². The van der Waals surface area contributed by atoms with Crippen LogP contribution in [0.1, 0.15) is 12.0 Å². The number of nitrogens with one attached hydrogen (secondary N) is 1. The van der Waals surface area contributed by atoms with Crippen LogP contribution in [0.2, 0.25) is 0 Å². The van der Waals surface area contributed by atoms with Crippen molar-refractivity contribution in [2.24, 2.45) is 0 Å². The summed E-state index contributed by atoms with van der Waals surface area (Å²) in [7, 11) is 3.77. The molecule has 1 aliphatic rings. The third-order valence-corrected chi connectivity index (χ3v) is 3.27. The minimum absolute atomic E-state index is 0.602. The zero-order chi connectivity index (χ0) is 11.5. The van der Waals surface area contributed by atoms with E-state index in [1.807, 2.05) is 7.05 Å². The summed E-state index contributed by atoms with van der Waals surface area (Å²) in [5, 5.41) is 3.33. The first kappa shape index (κ1) is 11.3. The lowest BCUT2D eigenvalue weighted by atomic mass is 10.2. The van der Waals surface area contributed by atoms with Gasteiger partial charge in [0.25, 0.3) is 0 Å². The molecule has 0 aromatic heterocycles. The molecule has 1 heterocycles. The molecule has 0 bridgehead atoms. The Morgan fingerprint density at radius 2 is 2.25 bits per heavy atom. The summed E-state index contributed by atoms with van der Waals surface area (Å²) in [4.78, 5) is 2.40. The van der Waals surface area contributed by atoms with Gasteiger partial charge in [-0.1, -0.05) is 6.07 Å². The highest BCUT2D eigenvalue weighted by Gasteiger charge is 2.23. The molecule has 0 radical (unpaired) electrons. The summed E-state index contributed by atoms with van der Waals surface area (Å²) >= 11 is 0. The van der Waals surface area contributed by atoms with Crippen molar-refractivity contribution in [3.63, 3.8) is 0 Å². The van der Waals surface area contributed by atoms with Gasteiger partial charge < -0.3 is 15.0 Å². The van der Waals surface area contributed by atoms with Gasteiger partial charge >= 0.3 is 0 Å². The third-order valence-electron chi connectivity index (χ3n) is 3.27. The second-order valence-corrected chi connectivity index (χ2v) is 4.40. The average molecular weight is 220 g/mol. The number of aryl methyl sites for hydroxylation is 1. The summed E-state index contributed by atoms with van der Waals surface area (Å²) in [6.07, 6.45) is 1.20. The first-order chi connectivity index (χ1) is 7.74. The third kappa shape index (κ3) is 2.14. The molecule has 3 nitrogen and oxygen atoms in total. The topological polar surface area (TPSA) is 24.5 Å². The molecule has 88 valence electrons. The zero-order valence-corrected chi connectivity index (χ0v) is 10.3. The number of benzene rings is 1. The summed E-state index contributed by atoms with van der Waals surface area (Å²) in [5.74, 6) is 0.974. The second kappa shape index (κ2) is 4.74. The van der Waals surface area contributed by atoms with Crippen molar-refractivity contribution in [2.45, 2.75) is 19.4 Å². The molecular weight excluding hydrogens is 200 g/mol. The van der Waals surface area contributed by atoms with Crippen LogP contribution >= 0.6 is 0 Å². The fourth-order valence-corrected chi connectivity index (χ4v) is 2.26. The molecule has 1 fully saturated rings. The number of rotatable bonds is 3. The number of hydrogen-bond donors (Lipinski definition) is 1. The Labute approximate surface area is 97.4 Å². The van der Waals surface area contributed by atoms with Gasteiger partial charge in [-0.2, -0.15) is 0 Å². The van der Waals surface area contributed by atoms with Gasteiger partial charge in [0, 0.05) is 19.1 Å². The summed E-state index contributed by atoms with van der Waals surface area (Å²) in [6.45, 7) is 4.29. The Bertz CT molecular complexity index is 365. The van der Waals surface area contributed by atoms with Gasteiger partial charge in [-0.05, 0) is 38.1 Å². The maximum atomic E-state index is 5.42. The quantitative estimate of drug-likeness (QED) is 0.840. The fourth-order valence-electron chi connectivity index (χ4n) is 2.26. The molecule has 16 heavy (non-hydrogen) atoms. The molecular formula is C13H20N2O. The lowest BCUT2D eigenvalue weighted by molar-refractivity contribution is 0.414. The van der Waals surface area contributed by atoms with Crippen LogP contribution in [0.4, 0.5) is 5.69 Å². The molecule has 1 atom stereocenters. The second-order valence-electron chi connectivity index (χ2n) is 4.40. The van der Waals surface area contributed by atoms with Crippen molar-refractivity contribution < 1.29 is 4.74 Å². The smallest absolute Gasteiger partial charge is 0.142 e. The Morgan fingerprint density at radius 3 is 2.88 bits per heavy atom. The van der Waals surface area contributed by atoms with E-state index in [1.165, 1.54) is 17.7 Å². The average Bonchev–Trinajstić information content (AvgIpc) is 2.77.